The molecule has 0 unspecified atom stereocenters. The number of aryl methyl sites for hydroxylation is 3. The zero-order valence-corrected chi connectivity index (χ0v) is 25.9. The second kappa shape index (κ2) is 10.2. The number of hydrogen-bond acceptors (Lipinski definition) is 5. The maximum absolute atomic E-state index is 16.0. The van der Waals surface area contributed by atoms with Crippen molar-refractivity contribution in [1.82, 2.24) is 29.1 Å². The van der Waals surface area contributed by atoms with Gasteiger partial charge in [0.25, 0.3) is 0 Å². The largest absolute Gasteiger partial charge is 0.436 e. The lowest BCUT2D eigenvalue weighted by Gasteiger charge is -2.14. The summed E-state index contributed by atoms with van der Waals surface area (Å²) < 4.78 is 26.3. The minimum Gasteiger partial charge on any atom is -0.436 e. The van der Waals surface area contributed by atoms with Gasteiger partial charge in [-0.15, -0.1) is 10.2 Å². The number of pyridine rings is 3. The van der Waals surface area contributed by atoms with Gasteiger partial charge >= 0.3 is 0 Å². The quantitative estimate of drug-likeness (QED) is 0.185. The van der Waals surface area contributed by atoms with Gasteiger partial charge in [-0.05, 0) is 73.7 Å². The number of rotatable bonds is 4. The van der Waals surface area contributed by atoms with Crippen molar-refractivity contribution in [3.63, 3.8) is 0 Å². The normalized spacial score (nSPS) is 11.8. The van der Waals surface area contributed by atoms with E-state index in [-0.39, 0.29) is 11.6 Å². The molecule has 47 heavy (non-hydrogen) atoms. The van der Waals surface area contributed by atoms with Crippen LogP contribution in [-0.2, 0) is 0 Å². The van der Waals surface area contributed by atoms with Gasteiger partial charge in [-0.25, -0.2) is 14.4 Å². The Morgan fingerprint density at radius 3 is 2.13 bits per heavy atom. The minimum atomic E-state index is -0.496. The molecule has 8 heteroatoms. The summed E-state index contributed by atoms with van der Waals surface area (Å²) in [5, 5.41) is 13.7. The van der Waals surface area contributed by atoms with Crippen LogP contribution in [0.15, 0.2) is 109 Å². The fourth-order valence-corrected chi connectivity index (χ4v) is 7.06. The monoisotopic (exact) mass is 614 g/mol. The second-order valence-electron chi connectivity index (χ2n) is 12.0. The lowest BCUT2D eigenvalue weighted by atomic mass is 9.99. The van der Waals surface area contributed by atoms with Crippen LogP contribution in [0, 0.1) is 26.6 Å². The molecule has 0 saturated heterocycles. The SMILES string of the molecule is Cc1cc(C)c(-c2nnc3c4cc(Oc5cc6c(cn5)c5ccccc5n6-c5ccccn5)c(F)cc4c4ccccc4n23)c(C)c1. The predicted octanol–water partition coefficient (Wildman–Crippen LogP) is 9.45. The predicted molar refractivity (Wildman–Crippen MR) is 184 cm³/mol. The number of benzene rings is 4. The molecule has 0 fully saturated rings. The summed E-state index contributed by atoms with van der Waals surface area (Å²) in [5.74, 6) is 1.33. The van der Waals surface area contributed by atoms with Gasteiger partial charge in [0, 0.05) is 45.6 Å². The Morgan fingerprint density at radius 2 is 1.36 bits per heavy atom. The lowest BCUT2D eigenvalue weighted by Crippen LogP contribution is -1.99. The molecular formula is C39H27FN6O. The number of para-hydroxylation sites is 2. The number of fused-ring (bicyclic) bond motifs is 9. The number of halogens is 1. The Kier molecular flexibility index (Phi) is 5.89. The molecule has 226 valence electrons. The fraction of sp³-hybridized carbons (Fsp3) is 0.0769. The molecule has 0 N–H and O–H groups in total. The molecule has 0 aliphatic carbocycles. The van der Waals surface area contributed by atoms with Crippen molar-refractivity contribution in [3.8, 4) is 28.8 Å². The topological polar surface area (TPSA) is 70.1 Å². The van der Waals surface area contributed by atoms with Crippen LogP contribution in [0.3, 0.4) is 0 Å². The Balaban J connectivity index is 1.25. The fourth-order valence-electron chi connectivity index (χ4n) is 7.06. The number of hydrogen-bond donors (Lipinski definition) is 0. The molecule has 4 aromatic carbocycles. The van der Waals surface area contributed by atoms with Crippen molar-refractivity contribution in [3.05, 3.63) is 132 Å². The molecule has 0 aliphatic rings. The van der Waals surface area contributed by atoms with Crippen LogP contribution in [0.25, 0.3) is 66.3 Å². The first-order chi connectivity index (χ1) is 23.0. The molecule has 5 aromatic heterocycles. The number of aromatic nitrogens is 6. The van der Waals surface area contributed by atoms with Gasteiger partial charge in [0.15, 0.2) is 23.0 Å². The molecule has 0 bridgehead atoms. The maximum Gasteiger partial charge on any atom is 0.221 e. The molecule has 0 aliphatic heterocycles. The van der Waals surface area contributed by atoms with Crippen molar-refractivity contribution in [2.45, 2.75) is 20.8 Å². The van der Waals surface area contributed by atoms with Crippen LogP contribution in [0.5, 0.6) is 11.6 Å². The Labute approximate surface area is 268 Å². The highest BCUT2D eigenvalue weighted by Crippen LogP contribution is 2.39. The summed E-state index contributed by atoms with van der Waals surface area (Å²) >= 11 is 0. The Morgan fingerprint density at radius 1 is 0.638 bits per heavy atom. The van der Waals surface area contributed by atoms with E-state index in [2.05, 4.69) is 69.1 Å². The van der Waals surface area contributed by atoms with Gasteiger partial charge in [0.05, 0.1) is 16.6 Å². The smallest absolute Gasteiger partial charge is 0.221 e. The highest BCUT2D eigenvalue weighted by molar-refractivity contribution is 6.13. The maximum atomic E-state index is 16.0. The van der Waals surface area contributed by atoms with Crippen molar-refractivity contribution < 1.29 is 9.13 Å². The van der Waals surface area contributed by atoms with E-state index in [0.717, 1.165) is 71.8 Å². The highest BCUT2D eigenvalue weighted by atomic mass is 19.1. The van der Waals surface area contributed by atoms with Gasteiger partial charge in [-0.1, -0.05) is 60.2 Å². The molecule has 0 saturated carbocycles. The van der Waals surface area contributed by atoms with E-state index in [1.165, 1.54) is 11.6 Å². The summed E-state index contributed by atoms with van der Waals surface area (Å²) in [7, 11) is 0. The van der Waals surface area contributed by atoms with E-state index in [4.69, 9.17) is 9.84 Å². The van der Waals surface area contributed by atoms with E-state index in [0.29, 0.717) is 5.65 Å². The van der Waals surface area contributed by atoms with Gasteiger partial charge in [-0.2, -0.15) is 0 Å². The average Bonchev–Trinajstić information content (AvgIpc) is 3.65. The molecule has 0 spiro atoms. The number of nitrogens with zero attached hydrogens (tertiary/aromatic N) is 6. The minimum absolute atomic E-state index is 0.0503. The van der Waals surface area contributed by atoms with Gasteiger partial charge in [0.2, 0.25) is 5.88 Å². The summed E-state index contributed by atoms with van der Waals surface area (Å²) in [4.78, 5) is 9.21. The second-order valence-corrected chi connectivity index (χ2v) is 12.0. The van der Waals surface area contributed by atoms with Crippen molar-refractivity contribution >= 4 is 49.1 Å². The molecule has 0 atom stereocenters. The Hall–Kier alpha value is -6.15. The van der Waals surface area contributed by atoms with Gasteiger partial charge in [-0.3, -0.25) is 8.97 Å². The summed E-state index contributed by atoms with van der Waals surface area (Å²) in [6.45, 7) is 6.28. The zero-order valence-electron chi connectivity index (χ0n) is 25.9. The van der Waals surface area contributed by atoms with E-state index < -0.39 is 5.82 Å². The summed E-state index contributed by atoms with van der Waals surface area (Å²) in [5.41, 5.74) is 7.84. The zero-order chi connectivity index (χ0) is 31.8. The van der Waals surface area contributed by atoms with Crippen molar-refractivity contribution in [1.29, 1.82) is 0 Å². The number of ether oxygens (including phenoxy) is 1. The van der Waals surface area contributed by atoms with Crippen molar-refractivity contribution in [2.75, 3.05) is 0 Å². The molecule has 0 amide bonds. The standard InChI is InChI=1S/C39H27FN6O/c1-22-16-23(2)37(24(3)17-22)39-44-43-38-28-19-34(30(40)18-27(28)25-10-4-7-13-32(25)46(38)39)47-36-20-33-29(21-42-36)26-11-5-6-12-31(26)45(33)35-14-8-9-15-41-35/h4-21H,1-3H3. The first kappa shape index (κ1) is 27.2. The molecule has 7 nitrogen and oxygen atoms in total. The van der Waals surface area contributed by atoms with Crippen LogP contribution in [0.2, 0.25) is 0 Å². The van der Waals surface area contributed by atoms with Crippen LogP contribution in [0.1, 0.15) is 16.7 Å². The molecule has 0 radical (unpaired) electrons. The lowest BCUT2D eigenvalue weighted by molar-refractivity contribution is 0.429. The third-order valence-corrected chi connectivity index (χ3v) is 8.94. The highest BCUT2D eigenvalue weighted by Gasteiger charge is 2.21. The molecular weight excluding hydrogens is 587 g/mol. The molecule has 5 heterocycles. The van der Waals surface area contributed by atoms with E-state index in [9.17, 15) is 0 Å². The molecule has 9 aromatic rings. The van der Waals surface area contributed by atoms with E-state index in [1.54, 1.807) is 18.5 Å². The van der Waals surface area contributed by atoms with Crippen LogP contribution in [-0.4, -0.2) is 29.1 Å². The third kappa shape index (κ3) is 4.11. The summed E-state index contributed by atoms with van der Waals surface area (Å²) in [6, 6.07) is 31.2. The van der Waals surface area contributed by atoms with Crippen LogP contribution >= 0.6 is 0 Å². The van der Waals surface area contributed by atoms with Crippen LogP contribution < -0.4 is 4.74 Å². The van der Waals surface area contributed by atoms with E-state index in [1.807, 2.05) is 60.7 Å². The van der Waals surface area contributed by atoms with Crippen molar-refractivity contribution in [2.24, 2.45) is 0 Å². The first-order valence-corrected chi connectivity index (χ1v) is 15.4. The first-order valence-electron chi connectivity index (χ1n) is 15.4. The third-order valence-electron chi connectivity index (χ3n) is 8.94. The van der Waals surface area contributed by atoms with Gasteiger partial charge < -0.3 is 4.74 Å². The van der Waals surface area contributed by atoms with Gasteiger partial charge in [0.1, 0.15) is 5.82 Å². The van der Waals surface area contributed by atoms with Crippen LogP contribution in [0.4, 0.5) is 4.39 Å². The summed E-state index contributed by atoms with van der Waals surface area (Å²) in [6.07, 6.45) is 3.54. The average molecular weight is 615 g/mol. The molecule has 9 rings (SSSR count). The Bertz CT molecular complexity index is 2690. The van der Waals surface area contributed by atoms with E-state index >= 15 is 4.39 Å².